The standard InChI is InChI=1S/C14H13F3O3/c1-19-13(18)7-9-3-2-6-20-12-8-10(14(15,16)17)4-5-11(9)12/h4-5,7-8H,2-3,6H2,1H3/b9-7+. The number of benzene rings is 1. The van der Waals surface area contributed by atoms with Gasteiger partial charge in [0.2, 0.25) is 0 Å². The molecule has 0 radical (unpaired) electrons. The van der Waals surface area contributed by atoms with E-state index in [2.05, 4.69) is 4.74 Å². The van der Waals surface area contributed by atoms with Crippen molar-refractivity contribution in [1.29, 1.82) is 0 Å². The van der Waals surface area contributed by atoms with Gasteiger partial charge in [-0.05, 0) is 30.5 Å². The van der Waals surface area contributed by atoms with Gasteiger partial charge in [0, 0.05) is 11.6 Å². The van der Waals surface area contributed by atoms with E-state index in [9.17, 15) is 18.0 Å². The molecule has 1 aliphatic heterocycles. The second kappa shape index (κ2) is 5.56. The second-order valence-corrected chi connectivity index (χ2v) is 4.35. The Morgan fingerprint density at radius 2 is 2.15 bits per heavy atom. The molecule has 0 bridgehead atoms. The van der Waals surface area contributed by atoms with Gasteiger partial charge in [0.05, 0.1) is 19.3 Å². The molecule has 0 aromatic heterocycles. The number of esters is 1. The van der Waals surface area contributed by atoms with Crippen LogP contribution in [-0.2, 0) is 15.7 Å². The Hall–Kier alpha value is -1.98. The Kier molecular flexibility index (Phi) is 4.01. The fourth-order valence-electron chi connectivity index (χ4n) is 2.01. The molecule has 0 saturated carbocycles. The summed E-state index contributed by atoms with van der Waals surface area (Å²) in [6.07, 6.45) is -1.95. The van der Waals surface area contributed by atoms with Crippen molar-refractivity contribution in [3.8, 4) is 5.75 Å². The lowest BCUT2D eigenvalue weighted by atomic mass is 9.99. The SMILES string of the molecule is COC(=O)/C=C1\CCCOc2cc(C(F)(F)F)ccc21. The topological polar surface area (TPSA) is 35.5 Å². The van der Waals surface area contributed by atoms with Crippen molar-refractivity contribution in [2.24, 2.45) is 0 Å². The highest BCUT2D eigenvalue weighted by Gasteiger charge is 2.31. The third-order valence-electron chi connectivity index (χ3n) is 3.00. The average Bonchev–Trinajstić information content (AvgIpc) is 2.59. The summed E-state index contributed by atoms with van der Waals surface area (Å²) in [6, 6.07) is 3.28. The minimum Gasteiger partial charge on any atom is -0.493 e. The van der Waals surface area contributed by atoms with Crippen LogP contribution in [0.1, 0.15) is 24.0 Å². The molecular weight excluding hydrogens is 273 g/mol. The molecule has 1 aromatic carbocycles. The van der Waals surface area contributed by atoms with Crippen molar-refractivity contribution in [1.82, 2.24) is 0 Å². The van der Waals surface area contributed by atoms with Crippen LogP contribution in [0.15, 0.2) is 24.3 Å². The van der Waals surface area contributed by atoms with Crippen LogP contribution in [0, 0.1) is 0 Å². The Balaban J connectivity index is 2.46. The molecule has 0 N–H and O–H groups in total. The molecule has 1 aromatic rings. The number of allylic oxidation sites excluding steroid dienone is 1. The average molecular weight is 286 g/mol. The molecule has 2 rings (SSSR count). The fourth-order valence-corrected chi connectivity index (χ4v) is 2.01. The number of alkyl halides is 3. The van der Waals surface area contributed by atoms with Crippen LogP contribution in [0.4, 0.5) is 13.2 Å². The summed E-state index contributed by atoms with van der Waals surface area (Å²) in [5.41, 5.74) is 0.356. The largest absolute Gasteiger partial charge is 0.493 e. The Morgan fingerprint density at radius 3 is 2.80 bits per heavy atom. The number of fused-ring (bicyclic) bond motifs is 1. The summed E-state index contributed by atoms with van der Waals surface area (Å²) in [4.78, 5) is 11.3. The lowest BCUT2D eigenvalue weighted by Gasteiger charge is -2.12. The lowest BCUT2D eigenvalue weighted by Crippen LogP contribution is -2.06. The van der Waals surface area contributed by atoms with Gasteiger partial charge in [0.15, 0.2) is 0 Å². The first-order valence-corrected chi connectivity index (χ1v) is 6.05. The molecule has 0 amide bonds. The molecule has 0 unspecified atom stereocenters. The third kappa shape index (κ3) is 3.12. The molecule has 1 aliphatic rings. The Bertz CT molecular complexity index is 547. The van der Waals surface area contributed by atoms with E-state index < -0.39 is 17.7 Å². The van der Waals surface area contributed by atoms with E-state index in [1.165, 1.54) is 19.3 Å². The van der Waals surface area contributed by atoms with Gasteiger partial charge >= 0.3 is 12.1 Å². The molecule has 0 atom stereocenters. The number of methoxy groups -OCH3 is 1. The lowest BCUT2D eigenvalue weighted by molar-refractivity contribution is -0.138. The van der Waals surface area contributed by atoms with Crippen LogP contribution in [0.25, 0.3) is 5.57 Å². The van der Waals surface area contributed by atoms with Gasteiger partial charge in [0.25, 0.3) is 0 Å². The molecule has 0 aliphatic carbocycles. The number of carbonyl (C=O) groups is 1. The summed E-state index contributed by atoms with van der Waals surface area (Å²) in [7, 11) is 1.25. The maximum atomic E-state index is 12.7. The molecule has 20 heavy (non-hydrogen) atoms. The quantitative estimate of drug-likeness (QED) is 0.586. The summed E-state index contributed by atoms with van der Waals surface area (Å²) in [5, 5.41) is 0. The molecular formula is C14H13F3O3. The Labute approximate surface area is 114 Å². The molecule has 6 heteroatoms. The van der Waals surface area contributed by atoms with Crippen LogP contribution in [-0.4, -0.2) is 19.7 Å². The molecule has 1 heterocycles. The molecule has 0 saturated heterocycles. The van der Waals surface area contributed by atoms with Crippen molar-refractivity contribution in [3.05, 3.63) is 35.4 Å². The van der Waals surface area contributed by atoms with Gasteiger partial charge in [-0.25, -0.2) is 4.79 Å². The highest BCUT2D eigenvalue weighted by molar-refractivity contribution is 5.92. The minimum absolute atomic E-state index is 0.146. The molecule has 108 valence electrons. The predicted octanol–water partition coefficient (Wildman–Crippen LogP) is 3.43. The van der Waals surface area contributed by atoms with Crippen molar-refractivity contribution in [2.75, 3.05) is 13.7 Å². The van der Waals surface area contributed by atoms with Crippen molar-refractivity contribution < 1.29 is 27.4 Å². The summed E-state index contributed by atoms with van der Waals surface area (Å²) in [6.45, 7) is 0.312. The summed E-state index contributed by atoms with van der Waals surface area (Å²) < 4.78 is 47.9. The molecule has 0 spiro atoms. The van der Waals surface area contributed by atoms with Gasteiger partial charge in [-0.3, -0.25) is 0 Å². The van der Waals surface area contributed by atoms with Gasteiger partial charge in [0.1, 0.15) is 5.75 Å². The summed E-state index contributed by atoms with van der Waals surface area (Å²) in [5.74, 6) is -0.389. The van der Waals surface area contributed by atoms with E-state index in [0.717, 1.165) is 12.1 Å². The monoisotopic (exact) mass is 286 g/mol. The van der Waals surface area contributed by atoms with Crippen LogP contribution in [0.5, 0.6) is 5.75 Å². The van der Waals surface area contributed by atoms with Crippen molar-refractivity contribution in [2.45, 2.75) is 19.0 Å². The number of hydrogen-bond donors (Lipinski definition) is 0. The van der Waals surface area contributed by atoms with Crippen LogP contribution in [0.2, 0.25) is 0 Å². The van der Waals surface area contributed by atoms with Crippen molar-refractivity contribution in [3.63, 3.8) is 0 Å². The molecule has 3 nitrogen and oxygen atoms in total. The zero-order chi connectivity index (χ0) is 14.8. The van der Waals surface area contributed by atoms with Gasteiger partial charge < -0.3 is 9.47 Å². The zero-order valence-corrected chi connectivity index (χ0v) is 10.8. The van der Waals surface area contributed by atoms with Crippen LogP contribution < -0.4 is 4.74 Å². The predicted molar refractivity (Wildman–Crippen MR) is 66.2 cm³/mol. The number of carbonyl (C=O) groups excluding carboxylic acids is 1. The van der Waals surface area contributed by atoms with Crippen molar-refractivity contribution >= 4 is 11.5 Å². The smallest absolute Gasteiger partial charge is 0.416 e. The van der Waals surface area contributed by atoms with E-state index in [-0.39, 0.29) is 5.75 Å². The maximum Gasteiger partial charge on any atom is 0.416 e. The van der Waals surface area contributed by atoms with Gasteiger partial charge in [-0.1, -0.05) is 6.07 Å². The highest BCUT2D eigenvalue weighted by atomic mass is 19.4. The highest BCUT2D eigenvalue weighted by Crippen LogP contribution is 2.37. The van der Waals surface area contributed by atoms with Gasteiger partial charge in [-0.2, -0.15) is 13.2 Å². The maximum absolute atomic E-state index is 12.7. The number of halogens is 3. The first kappa shape index (κ1) is 14.4. The normalized spacial score (nSPS) is 17.1. The molecule has 0 fully saturated rings. The van der Waals surface area contributed by atoms with E-state index >= 15 is 0 Å². The van der Waals surface area contributed by atoms with E-state index in [4.69, 9.17) is 4.74 Å². The zero-order valence-electron chi connectivity index (χ0n) is 10.8. The van der Waals surface area contributed by atoms with Gasteiger partial charge in [-0.15, -0.1) is 0 Å². The van der Waals surface area contributed by atoms with E-state index in [1.54, 1.807) is 0 Å². The third-order valence-corrected chi connectivity index (χ3v) is 3.00. The minimum atomic E-state index is -4.42. The first-order valence-electron chi connectivity index (χ1n) is 6.05. The fraction of sp³-hybridized carbons (Fsp3) is 0.357. The second-order valence-electron chi connectivity index (χ2n) is 4.35. The number of rotatable bonds is 1. The number of hydrogen-bond acceptors (Lipinski definition) is 3. The van der Waals surface area contributed by atoms with E-state index in [1.807, 2.05) is 0 Å². The number of ether oxygens (including phenoxy) is 2. The Morgan fingerprint density at radius 1 is 1.40 bits per heavy atom. The first-order chi connectivity index (χ1) is 9.41. The van der Waals surface area contributed by atoms with E-state index in [0.29, 0.717) is 30.6 Å². The summed E-state index contributed by atoms with van der Waals surface area (Å²) >= 11 is 0. The van der Waals surface area contributed by atoms with Crippen LogP contribution >= 0.6 is 0 Å². The van der Waals surface area contributed by atoms with Crippen LogP contribution in [0.3, 0.4) is 0 Å².